The molecule has 7 heteroatoms. The Morgan fingerprint density at radius 3 is 2.62 bits per heavy atom. The molecule has 1 rings (SSSR count). The Labute approximate surface area is 124 Å². The Morgan fingerprint density at radius 1 is 1.38 bits per heavy atom. The number of aromatic nitrogens is 2. The third kappa shape index (κ3) is 4.10. The van der Waals surface area contributed by atoms with E-state index in [1.54, 1.807) is 0 Å². The largest absolute Gasteiger partial charge is 0.396 e. The Kier molecular flexibility index (Phi) is 6.48. The molecule has 0 bridgehead atoms. The number of hydrogen-bond acceptors (Lipinski definition) is 5. The number of anilines is 2. The second-order valence-corrected chi connectivity index (χ2v) is 5.41. The molecular weight excluding hydrogens is 272 g/mol. The molecule has 0 aromatic carbocycles. The smallest absolute Gasteiger partial charge is 0.332 e. The first kappa shape index (κ1) is 17.3. The fraction of sp³-hybridized carbons (Fsp3) is 0.714. The molecule has 0 spiro atoms. The number of rotatable bonds is 8. The molecule has 0 aliphatic heterocycles. The third-order valence-electron chi connectivity index (χ3n) is 3.57. The van der Waals surface area contributed by atoms with Gasteiger partial charge in [0.25, 0.3) is 5.56 Å². The average Bonchev–Trinajstić information content (AvgIpc) is 2.45. The first-order chi connectivity index (χ1) is 9.93. The molecule has 1 atom stereocenters. The van der Waals surface area contributed by atoms with Crippen LogP contribution in [-0.2, 0) is 13.6 Å². The Balaban J connectivity index is 3.11. The molecule has 21 heavy (non-hydrogen) atoms. The molecule has 0 fully saturated rings. The molecule has 4 N–H and O–H groups in total. The number of nitrogens with two attached hydrogens (primary N) is 1. The molecule has 0 radical (unpaired) electrons. The summed E-state index contributed by atoms with van der Waals surface area (Å²) < 4.78 is 2.51. The Bertz CT molecular complexity index is 577. The molecule has 0 amide bonds. The van der Waals surface area contributed by atoms with Crippen molar-refractivity contribution in [1.29, 1.82) is 0 Å². The van der Waals surface area contributed by atoms with Gasteiger partial charge < -0.3 is 16.2 Å². The van der Waals surface area contributed by atoms with Gasteiger partial charge in [-0.25, -0.2) is 4.79 Å². The number of nitrogen functional groups attached to an aromatic ring is 1. The van der Waals surface area contributed by atoms with Crippen LogP contribution in [0.25, 0.3) is 0 Å². The van der Waals surface area contributed by atoms with Gasteiger partial charge in [0.15, 0.2) is 0 Å². The highest BCUT2D eigenvalue weighted by Crippen LogP contribution is 2.13. The van der Waals surface area contributed by atoms with E-state index in [-0.39, 0.29) is 29.7 Å². The quantitative estimate of drug-likeness (QED) is 0.643. The van der Waals surface area contributed by atoms with Gasteiger partial charge in [-0.05, 0) is 18.8 Å². The lowest BCUT2D eigenvalue weighted by Crippen LogP contribution is -2.41. The second-order valence-electron chi connectivity index (χ2n) is 5.41. The van der Waals surface area contributed by atoms with Gasteiger partial charge in [0, 0.05) is 26.7 Å². The van der Waals surface area contributed by atoms with Crippen LogP contribution in [0.1, 0.15) is 33.1 Å². The lowest BCUT2D eigenvalue weighted by atomic mass is 10.1. The van der Waals surface area contributed by atoms with Crippen LogP contribution >= 0.6 is 0 Å². The fourth-order valence-corrected chi connectivity index (χ4v) is 2.08. The van der Waals surface area contributed by atoms with Gasteiger partial charge in [-0.2, -0.15) is 0 Å². The molecule has 1 unspecified atom stereocenters. The summed E-state index contributed by atoms with van der Waals surface area (Å²) in [5, 5.41) is 11.9. The van der Waals surface area contributed by atoms with E-state index in [1.807, 2.05) is 13.8 Å². The first-order valence-corrected chi connectivity index (χ1v) is 7.38. The van der Waals surface area contributed by atoms with Crippen molar-refractivity contribution in [1.82, 2.24) is 9.13 Å². The summed E-state index contributed by atoms with van der Waals surface area (Å²) in [6.07, 6.45) is 2.40. The lowest BCUT2D eigenvalue weighted by molar-refractivity contribution is 0.266. The van der Waals surface area contributed by atoms with Crippen LogP contribution < -0.4 is 22.3 Å². The predicted molar refractivity (Wildman–Crippen MR) is 84.6 cm³/mol. The molecule has 1 heterocycles. The highest BCUT2D eigenvalue weighted by molar-refractivity contribution is 5.60. The first-order valence-electron chi connectivity index (χ1n) is 7.38. The van der Waals surface area contributed by atoms with E-state index in [9.17, 15) is 9.59 Å². The Hall–Kier alpha value is -1.76. The highest BCUT2D eigenvalue weighted by Gasteiger charge is 2.15. The normalized spacial score (nSPS) is 12.4. The minimum Gasteiger partial charge on any atom is -0.396 e. The topological polar surface area (TPSA) is 102 Å². The van der Waals surface area contributed by atoms with Crippen LogP contribution in [0.5, 0.6) is 0 Å². The second kappa shape index (κ2) is 7.87. The average molecular weight is 298 g/mol. The molecule has 0 saturated carbocycles. The molecule has 7 nitrogen and oxygen atoms in total. The number of unbranched alkanes of at least 4 members (excludes halogenated alkanes) is 1. The van der Waals surface area contributed by atoms with Gasteiger partial charge in [0.1, 0.15) is 11.5 Å². The lowest BCUT2D eigenvalue weighted by Gasteiger charge is -2.17. The van der Waals surface area contributed by atoms with Crippen molar-refractivity contribution >= 4 is 11.5 Å². The summed E-state index contributed by atoms with van der Waals surface area (Å²) in [6, 6.07) is 0. The number of nitrogens with one attached hydrogen (secondary N) is 1. The monoisotopic (exact) mass is 298 g/mol. The number of aliphatic hydroxyl groups excluding tert-OH is 1. The van der Waals surface area contributed by atoms with Crippen molar-refractivity contribution in [3.63, 3.8) is 0 Å². The fourth-order valence-electron chi connectivity index (χ4n) is 2.08. The minimum absolute atomic E-state index is 0.104. The summed E-state index contributed by atoms with van der Waals surface area (Å²) in [5.74, 6) is 0.392. The molecule has 0 aliphatic rings. The minimum atomic E-state index is -0.415. The van der Waals surface area contributed by atoms with E-state index in [2.05, 4.69) is 5.32 Å². The number of nitrogens with zero attached hydrogens (tertiary/aromatic N) is 2. The van der Waals surface area contributed by atoms with Gasteiger partial charge in [0.05, 0.1) is 0 Å². The van der Waals surface area contributed by atoms with Crippen molar-refractivity contribution in [2.75, 3.05) is 24.2 Å². The summed E-state index contributed by atoms with van der Waals surface area (Å²) >= 11 is 0. The van der Waals surface area contributed by atoms with Crippen LogP contribution in [0.15, 0.2) is 9.59 Å². The van der Waals surface area contributed by atoms with E-state index in [0.717, 1.165) is 17.4 Å². The zero-order valence-corrected chi connectivity index (χ0v) is 13.1. The summed E-state index contributed by atoms with van der Waals surface area (Å²) in [4.78, 5) is 24.3. The van der Waals surface area contributed by atoms with Crippen molar-refractivity contribution in [3.8, 4) is 0 Å². The van der Waals surface area contributed by atoms with Gasteiger partial charge in [-0.1, -0.05) is 20.3 Å². The zero-order valence-electron chi connectivity index (χ0n) is 13.1. The molecular formula is C14H26N4O3. The summed E-state index contributed by atoms with van der Waals surface area (Å²) in [7, 11) is 1.45. The maximum atomic E-state index is 12.2. The standard InChI is InChI=1S/C14H26N4O3/c1-4-5-7-18-12(15)11(13(20)17(3)14(18)21)16-9-10(2)6-8-19/h10,16,19H,4-9,15H2,1-3H3. The van der Waals surface area contributed by atoms with Crippen LogP contribution in [0.4, 0.5) is 11.5 Å². The van der Waals surface area contributed by atoms with Crippen molar-refractivity contribution in [2.24, 2.45) is 13.0 Å². The third-order valence-corrected chi connectivity index (χ3v) is 3.57. The van der Waals surface area contributed by atoms with Gasteiger partial charge in [-0.15, -0.1) is 0 Å². The molecule has 120 valence electrons. The van der Waals surface area contributed by atoms with E-state index >= 15 is 0 Å². The maximum Gasteiger partial charge on any atom is 0.332 e. The highest BCUT2D eigenvalue weighted by atomic mass is 16.3. The van der Waals surface area contributed by atoms with Crippen molar-refractivity contribution in [3.05, 3.63) is 20.8 Å². The van der Waals surface area contributed by atoms with Crippen LogP contribution in [0.2, 0.25) is 0 Å². The van der Waals surface area contributed by atoms with Gasteiger partial charge in [-0.3, -0.25) is 13.9 Å². The molecule has 0 aliphatic carbocycles. The predicted octanol–water partition coefficient (Wildman–Crippen LogP) is 0.360. The van der Waals surface area contributed by atoms with E-state index in [0.29, 0.717) is 19.5 Å². The van der Waals surface area contributed by atoms with E-state index in [1.165, 1.54) is 11.6 Å². The van der Waals surface area contributed by atoms with E-state index in [4.69, 9.17) is 10.8 Å². The summed E-state index contributed by atoms with van der Waals surface area (Å²) in [6.45, 7) is 5.12. The van der Waals surface area contributed by atoms with Crippen LogP contribution in [0.3, 0.4) is 0 Å². The van der Waals surface area contributed by atoms with Gasteiger partial charge in [0.2, 0.25) is 0 Å². The van der Waals surface area contributed by atoms with Crippen LogP contribution in [0, 0.1) is 5.92 Å². The number of aliphatic hydroxyl groups is 1. The molecule has 0 saturated heterocycles. The number of hydrogen-bond donors (Lipinski definition) is 3. The molecule has 1 aromatic rings. The van der Waals surface area contributed by atoms with Crippen LogP contribution in [-0.4, -0.2) is 27.4 Å². The molecule has 1 aromatic heterocycles. The van der Waals surface area contributed by atoms with Crippen molar-refractivity contribution < 1.29 is 5.11 Å². The van der Waals surface area contributed by atoms with Gasteiger partial charge >= 0.3 is 5.69 Å². The maximum absolute atomic E-state index is 12.2. The van der Waals surface area contributed by atoms with E-state index < -0.39 is 5.56 Å². The van der Waals surface area contributed by atoms with Crippen molar-refractivity contribution in [2.45, 2.75) is 39.7 Å². The Morgan fingerprint density at radius 2 is 2.05 bits per heavy atom. The SMILES string of the molecule is CCCCn1c(N)c(NCC(C)CCO)c(=O)n(C)c1=O. The zero-order chi connectivity index (χ0) is 16.0. The summed E-state index contributed by atoms with van der Waals surface area (Å²) in [5.41, 5.74) is 5.45.